The smallest absolute Gasteiger partial charge is 0.277 e. The molecule has 1 N–H and O–H groups in total. The van der Waals surface area contributed by atoms with Gasteiger partial charge in [-0.2, -0.15) is 0 Å². The Kier molecular flexibility index (Phi) is 387. The Labute approximate surface area is 91.9 Å². The van der Waals surface area contributed by atoms with E-state index in [2.05, 4.69) is 8.05 Å². The van der Waals surface area contributed by atoms with E-state index in [-0.39, 0.29) is 80.3 Å². The van der Waals surface area contributed by atoms with Crippen LogP contribution in [0.5, 0.6) is 0 Å². The molecule has 1 nitrogen and oxygen atoms in total. The van der Waals surface area contributed by atoms with Gasteiger partial charge in [0.2, 0.25) is 0 Å². The van der Waals surface area contributed by atoms with E-state index >= 15 is 0 Å². The molecule has 0 aliphatic rings. The molecule has 0 saturated heterocycles. The Balaban J connectivity index is -0.000000000833. The van der Waals surface area contributed by atoms with Crippen molar-refractivity contribution in [3.05, 3.63) is 14.9 Å². The predicted molar refractivity (Wildman–Crippen MR) is 20.8 cm³/mol. The molecule has 0 rings (SSSR count). The van der Waals surface area contributed by atoms with Crippen molar-refractivity contribution >= 4 is 8.05 Å². The summed E-state index contributed by atoms with van der Waals surface area (Å²) in [6.45, 7) is 0. The molecule has 0 atom stereocenters. The Morgan fingerprint density at radius 2 is 0.833 bits per heavy atom. The molecular formula is C2H7BOY2-2. The molecular weight excluding hydrogens is 229 g/mol. The summed E-state index contributed by atoms with van der Waals surface area (Å²) in [6.07, 6.45) is 0. The van der Waals surface area contributed by atoms with Crippen molar-refractivity contribution in [3.63, 3.8) is 0 Å². The summed E-state index contributed by atoms with van der Waals surface area (Å²) in [5.74, 6) is 0. The van der Waals surface area contributed by atoms with Gasteiger partial charge in [-0.1, -0.05) is 0 Å². The zero-order chi connectivity index (χ0) is 2.00. The molecule has 32 valence electrons. The van der Waals surface area contributed by atoms with Crippen LogP contribution in [0, 0.1) is 14.9 Å². The fraction of sp³-hybridized carbons (Fsp3) is 0. The molecule has 0 fully saturated rings. The van der Waals surface area contributed by atoms with Gasteiger partial charge in [0.15, 0.2) is 0 Å². The van der Waals surface area contributed by atoms with Gasteiger partial charge >= 0.3 is 0 Å². The molecule has 0 spiro atoms. The van der Waals surface area contributed by atoms with Gasteiger partial charge < -0.3 is 19.9 Å². The van der Waals surface area contributed by atoms with Crippen molar-refractivity contribution in [2.75, 3.05) is 0 Å². The van der Waals surface area contributed by atoms with Gasteiger partial charge in [-0.3, -0.25) is 0 Å². The third-order valence-corrected chi connectivity index (χ3v) is 0. The summed E-state index contributed by atoms with van der Waals surface area (Å²) in [7, 11) is 3.50. The van der Waals surface area contributed by atoms with Crippen LogP contribution in [0.4, 0.5) is 0 Å². The van der Waals surface area contributed by atoms with Crippen molar-refractivity contribution in [2.45, 2.75) is 0 Å². The zero-order valence-corrected chi connectivity index (χ0v) is 9.86. The van der Waals surface area contributed by atoms with Crippen LogP contribution in [0.2, 0.25) is 0 Å². The summed E-state index contributed by atoms with van der Waals surface area (Å²) in [5, 5.41) is 6.50. The molecule has 0 amide bonds. The summed E-state index contributed by atoms with van der Waals surface area (Å²) >= 11 is 0. The van der Waals surface area contributed by atoms with Crippen LogP contribution in [-0.2, 0) is 65.4 Å². The first kappa shape index (κ1) is 41.2. The zero-order valence-electron chi connectivity index (χ0n) is 4.18. The molecule has 0 bridgehead atoms. The SMILES string of the molecule is [B]O.[CH3-].[CH3-].[Y].[Y]. The normalized spacial score (nSPS) is 0.833. The van der Waals surface area contributed by atoms with Crippen molar-refractivity contribution in [2.24, 2.45) is 0 Å². The van der Waals surface area contributed by atoms with E-state index in [1.807, 2.05) is 0 Å². The molecule has 0 saturated carbocycles. The van der Waals surface area contributed by atoms with Crippen LogP contribution in [0.25, 0.3) is 0 Å². The second-order valence-corrected chi connectivity index (χ2v) is 0. The van der Waals surface area contributed by atoms with E-state index in [1.54, 1.807) is 0 Å². The number of hydrogen-bond donors (Lipinski definition) is 1. The molecule has 0 aromatic heterocycles. The average molecular weight is 236 g/mol. The van der Waals surface area contributed by atoms with Gasteiger partial charge in [-0.25, -0.2) is 0 Å². The maximum atomic E-state index is 6.50. The van der Waals surface area contributed by atoms with Crippen molar-refractivity contribution in [3.8, 4) is 0 Å². The van der Waals surface area contributed by atoms with E-state index < -0.39 is 0 Å². The Morgan fingerprint density at radius 1 is 0.833 bits per heavy atom. The van der Waals surface area contributed by atoms with E-state index in [0.29, 0.717) is 0 Å². The van der Waals surface area contributed by atoms with Crippen molar-refractivity contribution in [1.82, 2.24) is 0 Å². The first-order valence-electron chi connectivity index (χ1n) is 0.258. The van der Waals surface area contributed by atoms with Crippen LogP contribution in [-0.4, -0.2) is 13.1 Å². The van der Waals surface area contributed by atoms with Crippen molar-refractivity contribution < 1.29 is 70.4 Å². The first-order chi connectivity index (χ1) is 1.00. The van der Waals surface area contributed by atoms with Crippen LogP contribution < -0.4 is 0 Å². The minimum atomic E-state index is 0. The van der Waals surface area contributed by atoms with Gasteiger partial charge in [0, 0.05) is 65.4 Å². The largest absolute Gasteiger partial charge is 0.461 e. The summed E-state index contributed by atoms with van der Waals surface area (Å²) in [5.41, 5.74) is 0. The minimum Gasteiger partial charge on any atom is -0.461 e. The average Bonchev–Trinajstić information content (AvgIpc) is 1.00. The fourth-order valence-electron chi connectivity index (χ4n) is 0. The standard InChI is InChI=1S/2CH3.BHO.2Y/c;;1-2;;/h2*1H3;2H;;/q2*-1;;;. The molecule has 4 heteroatoms. The Morgan fingerprint density at radius 3 is 0.833 bits per heavy atom. The van der Waals surface area contributed by atoms with Gasteiger partial charge in [0.05, 0.1) is 0 Å². The summed E-state index contributed by atoms with van der Waals surface area (Å²) in [6, 6.07) is 0. The summed E-state index contributed by atoms with van der Waals surface area (Å²) in [4.78, 5) is 0. The monoisotopic (exact) mass is 236 g/mol. The van der Waals surface area contributed by atoms with Gasteiger partial charge in [0.1, 0.15) is 0 Å². The van der Waals surface area contributed by atoms with E-state index in [4.69, 9.17) is 5.02 Å². The topological polar surface area (TPSA) is 20.2 Å². The molecule has 0 heterocycles. The maximum absolute atomic E-state index is 6.50. The molecule has 0 aromatic rings. The maximum Gasteiger partial charge on any atom is 0.277 e. The first-order valence-corrected chi connectivity index (χ1v) is 0.258. The quantitative estimate of drug-likeness (QED) is 0.462. The second kappa shape index (κ2) is 56.4. The molecule has 0 aliphatic heterocycles. The molecule has 0 aliphatic carbocycles. The van der Waals surface area contributed by atoms with Gasteiger partial charge in [-0.15, -0.1) is 0 Å². The predicted octanol–water partition coefficient (Wildman–Crippen LogP) is -0.0422. The van der Waals surface area contributed by atoms with E-state index in [0.717, 1.165) is 0 Å². The van der Waals surface area contributed by atoms with Gasteiger partial charge in [0.25, 0.3) is 8.05 Å². The van der Waals surface area contributed by atoms with E-state index in [1.165, 1.54) is 0 Å². The Hall–Kier alpha value is 2.23. The van der Waals surface area contributed by atoms with Crippen molar-refractivity contribution in [1.29, 1.82) is 0 Å². The second-order valence-electron chi connectivity index (χ2n) is 0. The van der Waals surface area contributed by atoms with Crippen LogP contribution in [0.1, 0.15) is 0 Å². The number of hydrogen-bond acceptors (Lipinski definition) is 1. The summed E-state index contributed by atoms with van der Waals surface area (Å²) < 4.78 is 0. The molecule has 0 unspecified atom stereocenters. The fourth-order valence-corrected chi connectivity index (χ4v) is 0. The van der Waals surface area contributed by atoms with E-state index in [9.17, 15) is 0 Å². The van der Waals surface area contributed by atoms with Crippen LogP contribution in [0.15, 0.2) is 0 Å². The molecule has 4 radical (unpaired) electrons. The molecule has 6 heavy (non-hydrogen) atoms. The van der Waals surface area contributed by atoms with Crippen LogP contribution in [0.3, 0.4) is 0 Å². The molecule has 0 aromatic carbocycles. The van der Waals surface area contributed by atoms with Gasteiger partial charge in [-0.05, 0) is 0 Å². The third-order valence-electron chi connectivity index (χ3n) is 0. The minimum absolute atomic E-state index is 0. The van der Waals surface area contributed by atoms with Crippen LogP contribution >= 0.6 is 0 Å². The Bertz CT molecular complexity index is 11.5. The third kappa shape index (κ3) is 34.2. The number of rotatable bonds is 0.